The minimum atomic E-state index is -1.30. The van der Waals surface area contributed by atoms with Gasteiger partial charge in [-0.15, -0.1) is 0 Å². The fourth-order valence-corrected chi connectivity index (χ4v) is 2.00. The lowest BCUT2D eigenvalue weighted by Crippen LogP contribution is -2.26. The molecule has 2 N–H and O–H groups in total. The minimum Gasteiger partial charge on any atom is -0.481 e. The standard InChI is InChI=1S/C11H9F2NO3/c12-6-1-5(2-7(13)3-6)8-4-14-10(15)9(8)11(16)17/h1-3,8-9H,4H2,(H,14,15)(H,16,17). The van der Waals surface area contributed by atoms with Crippen LogP contribution in [0.2, 0.25) is 0 Å². The SMILES string of the molecule is O=C(O)C1C(=O)NCC1c1cc(F)cc(F)c1. The first-order valence-corrected chi connectivity index (χ1v) is 4.95. The lowest BCUT2D eigenvalue weighted by Gasteiger charge is -2.13. The zero-order valence-corrected chi connectivity index (χ0v) is 8.61. The Kier molecular flexibility index (Phi) is 2.79. The molecule has 2 unspecified atom stereocenters. The van der Waals surface area contributed by atoms with Crippen molar-refractivity contribution < 1.29 is 23.5 Å². The van der Waals surface area contributed by atoms with Crippen LogP contribution in [0, 0.1) is 17.6 Å². The molecule has 0 radical (unpaired) electrons. The van der Waals surface area contributed by atoms with Gasteiger partial charge in [-0.1, -0.05) is 0 Å². The van der Waals surface area contributed by atoms with E-state index < -0.39 is 35.3 Å². The molecule has 0 spiro atoms. The summed E-state index contributed by atoms with van der Waals surface area (Å²) in [5.74, 6) is -5.55. The Morgan fingerprint density at radius 2 is 1.88 bits per heavy atom. The van der Waals surface area contributed by atoms with E-state index >= 15 is 0 Å². The monoisotopic (exact) mass is 241 g/mol. The molecule has 4 nitrogen and oxygen atoms in total. The van der Waals surface area contributed by atoms with Gasteiger partial charge in [0, 0.05) is 18.5 Å². The molecule has 17 heavy (non-hydrogen) atoms. The molecule has 0 aliphatic carbocycles. The quantitative estimate of drug-likeness (QED) is 0.755. The van der Waals surface area contributed by atoms with E-state index in [-0.39, 0.29) is 12.1 Å². The zero-order valence-electron chi connectivity index (χ0n) is 8.61. The van der Waals surface area contributed by atoms with Crippen molar-refractivity contribution in [3.05, 3.63) is 35.4 Å². The van der Waals surface area contributed by atoms with Gasteiger partial charge in [-0.05, 0) is 17.7 Å². The third-order valence-corrected chi connectivity index (χ3v) is 2.76. The molecule has 1 aliphatic rings. The summed E-state index contributed by atoms with van der Waals surface area (Å²) in [6.45, 7) is 0.0681. The number of halogens is 2. The van der Waals surface area contributed by atoms with Crippen molar-refractivity contribution in [2.75, 3.05) is 6.54 Å². The summed E-state index contributed by atoms with van der Waals surface area (Å²) in [5.41, 5.74) is 0.174. The molecule has 0 bridgehead atoms. The van der Waals surface area contributed by atoms with Gasteiger partial charge >= 0.3 is 5.97 Å². The van der Waals surface area contributed by atoms with Crippen LogP contribution in [0.5, 0.6) is 0 Å². The molecule has 1 aromatic rings. The predicted octanol–water partition coefficient (Wildman–Crippen LogP) is 0.879. The summed E-state index contributed by atoms with van der Waals surface area (Å²) in [4.78, 5) is 22.2. The fraction of sp³-hybridized carbons (Fsp3) is 0.273. The van der Waals surface area contributed by atoms with Crippen molar-refractivity contribution >= 4 is 11.9 Å². The Morgan fingerprint density at radius 1 is 1.29 bits per heavy atom. The van der Waals surface area contributed by atoms with Gasteiger partial charge in [0.25, 0.3) is 0 Å². The summed E-state index contributed by atoms with van der Waals surface area (Å²) in [6.07, 6.45) is 0. The molecule has 2 atom stereocenters. The van der Waals surface area contributed by atoms with E-state index in [0.717, 1.165) is 12.1 Å². The molecule has 6 heteroatoms. The topological polar surface area (TPSA) is 66.4 Å². The number of rotatable bonds is 2. The molecular weight excluding hydrogens is 232 g/mol. The number of benzene rings is 1. The molecule has 0 saturated carbocycles. The number of carbonyl (C=O) groups is 2. The van der Waals surface area contributed by atoms with Crippen molar-refractivity contribution in [2.45, 2.75) is 5.92 Å². The largest absolute Gasteiger partial charge is 0.481 e. The average Bonchev–Trinajstić information content (AvgIpc) is 2.58. The first kappa shape index (κ1) is 11.5. The highest BCUT2D eigenvalue weighted by Crippen LogP contribution is 2.30. The van der Waals surface area contributed by atoms with E-state index in [0.29, 0.717) is 6.07 Å². The van der Waals surface area contributed by atoms with Crippen molar-refractivity contribution in [3.63, 3.8) is 0 Å². The smallest absolute Gasteiger partial charge is 0.316 e. The normalized spacial score (nSPS) is 23.5. The second kappa shape index (κ2) is 4.12. The molecular formula is C11H9F2NO3. The molecule has 1 saturated heterocycles. The van der Waals surface area contributed by atoms with Crippen molar-refractivity contribution in [2.24, 2.45) is 5.92 Å². The maximum absolute atomic E-state index is 13.0. The maximum atomic E-state index is 13.0. The summed E-state index contributed by atoms with van der Waals surface area (Å²) in [7, 11) is 0. The summed E-state index contributed by atoms with van der Waals surface area (Å²) >= 11 is 0. The van der Waals surface area contributed by atoms with Gasteiger partial charge in [-0.3, -0.25) is 9.59 Å². The van der Waals surface area contributed by atoms with E-state index in [2.05, 4.69) is 5.32 Å². The first-order chi connectivity index (χ1) is 7.99. The molecule has 1 heterocycles. The van der Waals surface area contributed by atoms with Gasteiger partial charge < -0.3 is 10.4 Å². The van der Waals surface area contributed by atoms with Gasteiger partial charge in [-0.25, -0.2) is 8.78 Å². The van der Waals surface area contributed by atoms with Crippen LogP contribution in [0.3, 0.4) is 0 Å². The average molecular weight is 241 g/mol. The van der Waals surface area contributed by atoms with E-state index in [1.807, 2.05) is 0 Å². The number of amides is 1. The van der Waals surface area contributed by atoms with E-state index in [4.69, 9.17) is 5.11 Å². The maximum Gasteiger partial charge on any atom is 0.316 e. The number of carboxylic acids is 1. The molecule has 1 amide bonds. The van der Waals surface area contributed by atoms with E-state index in [1.165, 1.54) is 0 Å². The van der Waals surface area contributed by atoms with Gasteiger partial charge in [0.2, 0.25) is 5.91 Å². The molecule has 0 aromatic heterocycles. The second-order valence-corrected chi connectivity index (χ2v) is 3.87. The minimum absolute atomic E-state index is 0.0681. The third kappa shape index (κ3) is 2.11. The molecule has 1 aromatic carbocycles. The van der Waals surface area contributed by atoms with Crippen LogP contribution in [-0.4, -0.2) is 23.5 Å². The van der Waals surface area contributed by atoms with Gasteiger partial charge in [-0.2, -0.15) is 0 Å². The van der Waals surface area contributed by atoms with E-state index in [9.17, 15) is 18.4 Å². The number of hydrogen-bond acceptors (Lipinski definition) is 2. The number of hydrogen-bond donors (Lipinski definition) is 2. The lowest BCUT2D eigenvalue weighted by molar-refractivity contribution is -0.145. The highest BCUT2D eigenvalue weighted by molar-refractivity contribution is 5.99. The van der Waals surface area contributed by atoms with Crippen molar-refractivity contribution in [1.29, 1.82) is 0 Å². The Labute approximate surface area is 95.2 Å². The van der Waals surface area contributed by atoms with Crippen LogP contribution in [0.15, 0.2) is 18.2 Å². The summed E-state index contributed by atoms with van der Waals surface area (Å²) in [5, 5.41) is 11.3. The Balaban J connectivity index is 2.39. The van der Waals surface area contributed by atoms with Crippen molar-refractivity contribution in [3.8, 4) is 0 Å². The van der Waals surface area contributed by atoms with Crippen molar-refractivity contribution in [1.82, 2.24) is 5.32 Å². The number of carboxylic acid groups (broad SMARTS) is 1. The van der Waals surface area contributed by atoms with Gasteiger partial charge in [0.15, 0.2) is 0 Å². The Bertz CT molecular complexity index is 469. The van der Waals surface area contributed by atoms with Crippen LogP contribution < -0.4 is 5.32 Å². The predicted molar refractivity (Wildman–Crippen MR) is 53.2 cm³/mol. The Morgan fingerprint density at radius 3 is 2.41 bits per heavy atom. The highest BCUT2D eigenvalue weighted by atomic mass is 19.1. The van der Waals surface area contributed by atoms with Gasteiger partial charge in [0.1, 0.15) is 17.6 Å². The fourth-order valence-electron chi connectivity index (χ4n) is 2.00. The van der Waals surface area contributed by atoms with Crippen LogP contribution in [0.4, 0.5) is 8.78 Å². The van der Waals surface area contributed by atoms with Gasteiger partial charge in [0.05, 0.1) is 0 Å². The lowest BCUT2D eigenvalue weighted by atomic mass is 9.88. The molecule has 1 fully saturated rings. The van der Waals surface area contributed by atoms with Crippen LogP contribution >= 0.6 is 0 Å². The van der Waals surface area contributed by atoms with Crippen LogP contribution in [0.1, 0.15) is 11.5 Å². The number of carbonyl (C=O) groups excluding carboxylic acids is 1. The van der Waals surface area contributed by atoms with Crippen LogP contribution in [-0.2, 0) is 9.59 Å². The molecule has 90 valence electrons. The highest BCUT2D eigenvalue weighted by Gasteiger charge is 2.41. The number of nitrogens with one attached hydrogen (secondary N) is 1. The van der Waals surface area contributed by atoms with E-state index in [1.54, 1.807) is 0 Å². The number of aliphatic carboxylic acids is 1. The third-order valence-electron chi connectivity index (χ3n) is 2.76. The summed E-state index contributed by atoms with van der Waals surface area (Å²) < 4.78 is 26.0. The summed E-state index contributed by atoms with van der Waals surface area (Å²) in [6, 6.07) is 2.79. The Hall–Kier alpha value is -1.98. The molecule has 2 rings (SSSR count). The first-order valence-electron chi connectivity index (χ1n) is 4.95. The molecule has 1 aliphatic heterocycles. The zero-order chi connectivity index (χ0) is 12.6. The van der Waals surface area contributed by atoms with Crippen LogP contribution in [0.25, 0.3) is 0 Å². The second-order valence-electron chi connectivity index (χ2n) is 3.87.